The van der Waals surface area contributed by atoms with Crippen LogP contribution < -0.4 is 4.74 Å². The molecular weight excluding hydrogens is 262 g/mol. The van der Waals surface area contributed by atoms with Crippen LogP contribution in [0.1, 0.15) is 19.8 Å². The van der Waals surface area contributed by atoms with Crippen LogP contribution in [0.4, 0.5) is 0 Å². The molecule has 21 heavy (non-hydrogen) atoms. The van der Waals surface area contributed by atoms with Gasteiger partial charge in [-0.3, -0.25) is 0 Å². The second kappa shape index (κ2) is 6.31. The van der Waals surface area contributed by atoms with E-state index in [0.29, 0.717) is 18.4 Å². The van der Waals surface area contributed by atoms with Gasteiger partial charge >= 0.3 is 6.01 Å². The number of nitrogens with zero attached hydrogens (tertiary/aromatic N) is 3. The Balaban J connectivity index is 1.97. The third kappa shape index (κ3) is 2.99. The fourth-order valence-corrected chi connectivity index (χ4v) is 2.21. The topological polar surface area (TPSA) is 47.9 Å². The molecule has 1 heterocycles. The lowest BCUT2D eigenvalue weighted by atomic mass is 10.0. The van der Waals surface area contributed by atoms with E-state index in [1.165, 1.54) is 11.7 Å². The zero-order valence-corrected chi connectivity index (χ0v) is 12.0. The molecule has 0 saturated heterocycles. The second-order valence-electron chi connectivity index (χ2n) is 4.82. The van der Waals surface area contributed by atoms with Crippen molar-refractivity contribution in [3.63, 3.8) is 0 Å². The average Bonchev–Trinajstić information content (AvgIpc) is 2.55. The molecule has 0 amide bonds. The predicted molar refractivity (Wildman–Crippen MR) is 83.2 cm³/mol. The number of aromatic nitrogens is 3. The molecule has 0 radical (unpaired) electrons. The Bertz CT molecular complexity index is 737. The van der Waals surface area contributed by atoms with Crippen LogP contribution in [0.15, 0.2) is 48.8 Å². The van der Waals surface area contributed by atoms with Gasteiger partial charge in [-0.25, -0.2) is 4.98 Å². The summed E-state index contributed by atoms with van der Waals surface area (Å²) in [5.74, 6) is 0.647. The Kier molecular flexibility index (Phi) is 4.05. The summed E-state index contributed by atoms with van der Waals surface area (Å²) < 4.78 is 5.56. The predicted octanol–water partition coefficient (Wildman–Crippen LogP) is 3.87. The van der Waals surface area contributed by atoms with Crippen LogP contribution in [0.3, 0.4) is 0 Å². The average molecular weight is 279 g/mol. The Morgan fingerprint density at radius 3 is 2.76 bits per heavy atom. The van der Waals surface area contributed by atoms with Gasteiger partial charge in [0.15, 0.2) is 5.82 Å². The number of ether oxygens (including phenoxy) is 1. The first kappa shape index (κ1) is 13.5. The SMILES string of the molecule is CCCCOc1ncnc(-c2cccc3ccccc23)n1. The van der Waals surface area contributed by atoms with Crippen molar-refractivity contribution in [2.75, 3.05) is 6.61 Å². The fraction of sp³-hybridized carbons (Fsp3) is 0.235. The van der Waals surface area contributed by atoms with Gasteiger partial charge < -0.3 is 4.74 Å². The van der Waals surface area contributed by atoms with E-state index in [9.17, 15) is 0 Å². The zero-order valence-electron chi connectivity index (χ0n) is 12.0. The van der Waals surface area contributed by atoms with Crippen LogP contribution in [-0.2, 0) is 0 Å². The number of unbranched alkanes of at least 4 members (excludes halogenated alkanes) is 1. The first-order valence-corrected chi connectivity index (χ1v) is 7.18. The maximum Gasteiger partial charge on any atom is 0.319 e. The molecule has 0 N–H and O–H groups in total. The number of hydrogen-bond donors (Lipinski definition) is 0. The largest absolute Gasteiger partial charge is 0.463 e. The van der Waals surface area contributed by atoms with Gasteiger partial charge in [0.2, 0.25) is 0 Å². The highest BCUT2D eigenvalue weighted by atomic mass is 16.5. The molecule has 1 aromatic heterocycles. The molecule has 0 spiro atoms. The first-order valence-electron chi connectivity index (χ1n) is 7.18. The number of fused-ring (bicyclic) bond motifs is 1. The van der Waals surface area contributed by atoms with E-state index >= 15 is 0 Å². The lowest BCUT2D eigenvalue weighted by molar-refractivity contribution is 0.284. The molecular formula is C17H17N3O. The fourth-order valence-electron chi connectivity index (χ4n) is 2.21. The van der Waals surface area contributed by atoms with Crippen LogP contribution in [0.5, 0.6) is 6.01 Å². The van der Waals surface area contributed by atoms with Crippen molar-refractivity contribution < 1.29 is 4.74 Å². The van der Waals surface area contributed by atoms with Gasteiger partial charge in [0.1, 0.15) is 6.33 Å². The van der Waals surface area contributed by atoms with Crippen molar-refractivity contribution in [1.82, 2.24) is 15.0 Å². The lowest BCUT2D eigenvalue weighted by Crippen LogP contribution is -2.02. The van der Waals surface area contributed by atoms with Crippen LogP contribution >= 0.6 is 0 Å². The second-order valence-corrected chi connectivity index (χ2v) is 4.82. The van der Waals surface area contributed by atoms with E-state index < -0.39 is 0 Å². The summed E-state index contributed by atoms with van der Waals surface area (Å²) in [4.78, 5) is 12.8. The molecule has 0 atom stereocenters. The summed E-state index contributed by atoms with van der Waals surface area (Å²) in [7, 11) is 0. The van der Waals surface area contributed by atoms with Gasteiger partial charge in [-0.1, -0.05) is 55.8 Å². The molecule has 0 unspecified atom stereocenters. The van der Waals surface area contributed by atoms with E-state index in [1.54, 1.807) is 0 Å². The zero-order chi connectivity index (χ0) is 14.5. The van der Waals surface area contributed by atoms with Crippen molar-refractivity contribution >= 4 is 10.8 Å². The van der Waals surface area contributed by atoms with Crippen LogP contribution in [0.25, 0.3) is 22.2 Å². The van der Waals surface area contributed by atoms with Crippen LogP contribution in [0.2, 0.25) is 0 Å². The third-order valence-electron chi connectivity index (χ3n) is 3.31. The molecule has 4 heteroatoms. The summed E-state index contributed by atoms with van der Waals surface area (Å²) >= 11 is 0. The monoisotopic (exact) mass is 279 g/mol. The molecule has 3 aromatic rings. The standard InChI is InChI=1S/C17H17N3O/c1-2-3-11-21-17-19-12-18-16(20-17)15-10-6-8-13-7-4-5-9-14(13)15/h4-10,12H,2-3,11H2,1H3. The van der Waals surface area contributed by atoms with E-state index in [1.807, 2.05) is 24.3 Å². The lowest BCUT2D eigenvalue weighted by Gasteiger charge is -2.07. The summed E-state index contributed by atoms with van der Waals surface area (Å²) in [6.45, 7) is 2.76. The molecule has 0 saturated carbocycles. The molecule has 3 rings (SSSR count). The van der Waals surface area contributed by atoms with Gasteiger partial charge in [0, 0.05) is 5.56 Å². The molecule has 0 aliphatic rings. The Hall–Kier alpha value is -2.49. The van der Waals surface area contributed by atoms with E-state index in [0.717, 1.165) is 23.8 Å². The van der Waals surface area contributed by atoms with Gasteiger partial charge in [-0.15, -0.1) is 0 Å². The first-order chi connectivity index (χ1) is 10.4. The minimum atomic E-state index is 0.390. The Labute approximate surface area is 123 Å². The van der Waals surface area contributed by atoms with Gasteiger partial charge in [-0.05, 0) is 17.2 Å². The third-order valence-corrected chi connectivity index (χ3v) is 3.31. The summed E-state index contributed by atoms with van der Waals surface area (Å²) in [6.07, 6.45) is 3.59. The summed E-state index contributed by atoms with van der Waals surface area (Å²) in [6, 6.07) is 14.7. The van der Waals surface area contributed by atoms with Crippen molar-refractivity contribution in [2.45, 2.75) is 19.8 Å². The molecule has 0 aliphatic heterocycles. The van der Waals surface area contributed by atoms with Crippen molar-refractivity contribution in [3.8, 4) is 17.4 Å². The molecule has 0 bridgehead atoms. The van der Waals surface area contributed by atoms with E-state index in [4.69, 9.17) is 4.74 Å². The minimum absolute atomic E-state index is 0.390. The molecule has 106 valence electrons. The number of benzene rings is 2. The van der Waals surface area contributed by atoms with Crippen molar-refractivity contribution in [2.24, 2.45) is 0 Å². The maximum absolute atomic E-state index is 5.56. The highest BCUT2D eigenvalue weighted by molar-refractivity contribution is 5.94. The molecule has 2 aromatic carbocycles. The smallest absolute Gasteiger partial charge is 0.319 e. The quantitative estimate of drug-likeness (QED) is 0.665. The summed E-state index contributed by atoms with van der Waals surface area (Å²) in [5.41, 5.74) is 0.996. The minimum Gasteiger partial charge on any atom is -0.463 e. The number of hydrogen-bond acceptors (Lipinski definition) is 4. The van der Waals surface area contributed by atoms with Crippen LogP contribution in [-0.4, -0.2) is 21.6 Å². The Morgan fingerprint density at radius 2 is 1.86 bits per heavy atom. The van der Waals surface area contributed by atoms with Crippen molar-refractivity contribution in [1.29, 1.82) is 0 Å². The van der Waals surface area contributed by atoms with Crippen LogP contribution in [0, 0.1) is 0 Å². The van der Waals surface area contributed by atoms with Gasteiger partial charge in [0.05, 0.1) is 6.61 Å². The summed E-state index contributed by atoms with van der Waals surface area (Å²) in [5, 5.41) is 2.30. The molecule has 0 aliphatic carbocycles. The normalized spacial score (nSPS) is 10.7. The van der Waals surface area contributed by atoms with Gasteiger partial charge in [-0.2, -0.15) is 9.97 Å². The van der Waals surface area contributed by atoms with Crippen molar-refractivity contribution in [3.05, 3.63) is 48.8 Å². The molecule has 0 fully saturated rings. The van der Waals surface area contributed by atoms with E-state index in [-0.39, 0.29) is 0 Å². The number of rotatable bonds is 5. The highest BCUT2D eigenvalue weighted by Crippen LogP contribution is 2.26. The highest BCUT2D eigenvalue weighted by Gasteiger charge is 2.08. The maximum atomic E-state index is 5.56. The molecule has 4 nitrogen and oxygen atoms in total. The Morgan fingerprint density at radius 1 is 1.00 bits per heavy atom. The van der Waals surface area contributed by atoms with Gasteiger partial charge in [0.25, 0.3) is 0 Å². The van der Waals surface area contributed by atoms with E-state index in [2.05, 4.69) is 40.1 Å².